The first-order chi connectivity index (χ1) is 12.5. The molecule has 1 aliphatic heterocycles. The first-order valence-electron chi connectivity index (χ1n) is 8.93. The standard InChI is InChI=1S/C21H25N3O2/c1-22(2)19-10-8-18(9-11-19)21(26)24-14-12-23(13-15-24)20(25)16-17-6-4-3-5-7-17/h3-11H,12-16H2,1-2H3. The molecule has 0 aromatic heterocycles. The molecule has 3 rings (SSSR count). The molecule has 2 aromatic rings. The topological polar surface area (TPSA) is 43.9 Å². The van der Waals surface area contributed by atoms with Crippen LogP contribution in [0.25, 0.3) is 0 Å². The van der Waals surface area contributed by atoms with E-state index in [2.05, 4.69) is 0 Å². The van der Waals surface area contributed by atoms with Crippen LogP contribution in [0.1, 0.15) is 15.9 Å². The van der Waals surface area contributed by atoms with Crippen molar-refractivity contribution in [3.63, 3.8) is 0 Å². The Hall–Kier alpha value is -2.82. The first kappa shape index (κ1) is 18.0. The van der Waals surface area contributed by atoms with Gasteiger partial charge in [0.25, 0.3) is 5.91 Å². The van der Waals surface area contributed by atoms with Crippen molar-refractivity contribution in [3.8, 4) is 0 Å². The number of piperazine rings is 1. The van der Waals surface area contributed by atoms with Crippen molar-refractivity contribution in [1.82, 2.24) is 9.80 Å². The van der Waals surface area contributed by atoms with Crippen molar-refractivity contribution in [2.24, 2.45) is 0 Å². The first-order valence-corrected chi connectivity index (χ1v) is 8.93. The highest BCUT2D eigenvalue weighted by Crippen LogP contribution is 2.15. The van der Waals surface area contributed by atoms with Gasteiger partial charge >= 0.3 is 0 Å². The molecule has 26 heavy (non-hydrogen) atoms. The fourth-order valence-corrected chi connectivity index (χ4v) is 3.13. The van der Waals surface area contributed by atoms with Crippen LogP contribution >= 0.6 is 0 Å². The zero-order chi connectivity index (χ0) is 18.5. The van der Waals surface area contributed by atoms with Crippen LogP contribution in [0.2, 0.25) is 0 Å². The maximum Gasteiger partial charge on any atom is 0.253 e. The van der Waals surface area contributed by atoms with E-state index in [1.807, 2.05) is 83.4 Å². The molecular formula is C21H25N3O2. The van der Waals surface area contributed by atoms with Crippen LogP contribution in [0.15, 0.2) is 54.6 Å². The minimum Gasteiger partial charge on any atom is -0.378 e. The van der Waals surface area contributed by atoms with E-state index < -0.39 is 0 Å². The molecule has 1 saturated heterocycles. The Morgan fingerprint density at radius 1 is 0.846 bits per heavy atom. The summed E-state index contributed by atoms with van der Waals surface area (Å²) in [6, 6.07) is 17.4. The van der Waals surface area contributed by atoms with Crippen LogP contribution in [0.3, 0.4) is 0 Å². The monoisotopic (exact) mass is 351 g/mol. The van der Waals surface area contributed by atoms with Crippen LogP contribution in [0.4, 0.5) is 5.69 Å². The molecule has 0 spiro atoms. The number of hydrogen-bond donors (Lipinski definition) is 0. The van der Waals surface area contributed by atoms with E-state index in [4.69, 9.17) is 0 Å². The lowest BCUT2D eigenvalue weighted by molar-refractivity contribution is -0.131. The van der Waals surface area contributed by atoms with Gasteiger partial charge in [0, 0.05) is 51.5 Å². The fraction of sp³-hybridized carbons (Fsp3) is 0.333. The number of carbonyl (C=O) groups is 2. The Kier molecular flexibility index (Phi) is 5.56. The van der Waals surface area contributed by atoms with E-state index in [0.29, 0.717) is 38.2 Å². The third-order valence-electron chi connectivity index (χ3n) is 4.75. The smallest absolute Gasteiger partial charge is 0.253 e. The van der Waals surface area contributed by atoms with Crippen molar-refractivity contribution in [1.29, 1.82) is 0 Å². The molecule has 0 radical (unpaired) electrons. The SMILES string of the molecule is CN(C)c1ccc(C(=O)N2CCN(C(=O)Cc3ccccc3)CC2)cc1. The highest BCUT2D eigenvalue weighted by molar-refractivity contribution is 5.94. The lowest BCUT2D eigenvalue weighted by Crippen LogP contribution is -2.51. The van der Waals surface area contributed by atoms with Gasteiger partial charge in [0.15, 0.2) is 0 Å². The van der Waals surface area contributed by atoms with Gasteiger partial charge in [-0.25, -0.2) is 0 Å². The van der Waals surface area contributed by atoms with Crippen molar-refractivity contribution >= 4 is 17.5 Å². The molecule has 0 atom stereocenters. The fourth-order valence-electron chi connectivity index (χ4n) is 3.13. The summed E-state index contributed by atoms with van der Waals surface area (Å²) in [6.07, 6.45) is 0.417. The molecule has 1 aliphatic rings. The largest absolute Gasteiger partial charge is 0.378 e. The van der Waals surface area contributed by atoms with E-state index in [9.17, 15) is 9.59 Å². The molecular weight excluding hydrogens is 326 g/mol. The average Bonchev–Trinajstić information content (AvgIpc) is 2.68. The number of rotatable bonds is 4. The predicted molar refractivity (Wildman–Crippen MR) is 103 cm³/mol. The van der Waals surface area contributed by atoms with Crippen LogP contribution in [0, 0.1) is 0 Å². The lowest BCUT2D eigenvalue weighted by atomic mass is 10.1. The molecule has 0 N–H and O–H groups in total. The van der Waals surface area contributed by atoms with Gasteiger partial charge in [-0.2, -0.15) is 0 Å². The summed E-state index contributed by atoms with van der Waals surface area (Å²) in [7, 11) is 3.95. The molecule has 2 amide bonds. The second-order valence-corrected chi connectivity index (χ2v) is 6.78. The van der Waals surface area contributed by atoms with Crippen molar-refractivity contribution in [3.05, 3.63) is 65.7 Å². The summed E-state index contributed by atoms with van der Waals surface area (Å²) in [4.78, 5) is 30.8. The maximum absolute atomic E-state index is 12.7. The van der Waals surface area contributed by atoms with Gasteiger partial charge in [-0.3, -0.25) is 9.59 Å². The molecule has 136 valence electrons. The molecule has 0 aliphatic carbocycles. The molecule has 5 nitrogen and oxygen atoms in total. The normalized spacial score (nSPS) is 14.2. The Balaban J connectivity index is 1.54. The van der Waals surface area contributed by atoms with Crippen LogP contribution < -0.4 is 4.90 Å². The number of anilines is 1. The highest BCUT2D eigenvalue weighted by atomic mass is 16.2. The molecule has 1 heterocycles. The van der Waals surface area contributed by atoms with E-state index in [0.717, 1.165) is 11.3 Å². The number of nitrogens with zero attached hydrogens (tertiary/aromatic N) is 3. The minimum absolute atomic E-state index is 0.0328. The van der Waals surface area contributed by atoms with Gasteiger partial charge in [-0.1, -0.05) is 30.3 Å². The van der Waals surface area contributed by atoms with Gasteiger partial charge < -0.3 is 14.7 Å². The van der Waals surface area contributed by atoms with Gasteiger partial charge in [0.05, 0.1) is 6.42 Å². The Morgan fingerprint density at radius 2 is 1.42 bits per heavy atom. The van der Waals surface area contributed by atoms with Crippen molar-refractivity contribution < 1.29 is 9.59 Å². The zero-order valence-electron chi connectivity index (χ0n) is 15.4. The maximum atomic E-state index is 12.7. The molecule has 1 fully saturated rings. The zero-order valence-corrected chi connectivity index (χ0v) is 15.4. The Bertz CT molecular complexity index is 749. The van der Waals surface area contributed by atoms with Crippen LogP contribution in [-0.2, 0) is 11.2 Å². The number of amides is 2. The molecule has 0 saturated carbocycles. The van der Waals surface area contributed by atoms with Gasteiger partial charge in [0.1, 0.15) is 0 Å². The Labute approximate surface area is 154 Å². The second kappa shape index (κ2) is 8.04. The average molecular weight is 351 g/mol. The molecule has 0 bridgehead atoms. The summed E-state index contributed by atoms with van der Waals surface area (Å²) in [5, 5.41) is 0. The van der Waals surface area contributed by atoms with Crippen LogP contribution in [0.5, 0.6) is 0 Å². The third-order valence-corrected chi connectivity index (χ3v) is 4.75. The predicted octanol–water partition coefficient (Wildman–Crippen LogP) is 2.28. The van der Waals surface area contributed by atoms with Gasteiger partial charge in [0.2, 0.25) is 5.91 Å². The lowest BCUT2D eigenvalue weighted by Gasteiger charge is -2.35. The summed E-state index contributed by atoms with van der Waals surface area (Å²) in [5.41, 5.74) is 2.79. The van der Waals surface area contributed by atoms with Gasteiger partial charge in [-0.15, -0.1) is 0 Å². The van der Waals surface area contributed by atoms with E-state index in [-0.39, 0.29) is 11.8 Å². The second-order valence-electron chi connectivity index (χ2n) is 6.78. The van der Waals surface area contributed by atoms with Crippen molar-refractivity contribution in [2.45, 2.75) is 6.42 Å². The summed E-state index contributed by atoms with van der Waals surface area (Å²) >= 11 is 0. The quantitative estimate of drug-likeness (QED) is 0.849. The number of benzene rings is 2. The minimum atomic E-state index is 0.0328. The molecule has 5 heteroatoms. The Morgan fingerprint density at radius 3 is 2.00 bits per heavy atom. The van der Waals surface area contributed by atoms with E-state index >= 15 is 0 Å². The number of hydrogen-bond acceptors (Lipinski definition) is 3. The molecule has 2 aromatic carbocycles. The van der Waals surface area contributed by atoms with Gasteiger partial charge in [-0.05, 0) is 29.8 Å². The van der Waals surface area contributed by atoms with E-state index in [1.165, 1.54) is 0 Å². The highest BCUT2D eigenvalue weighted by Gasteiger charge is 2.24. The number of carbonyl (C=O) groups excluding carboxylic acids is 2. The van der Waals surface area contributed by atoms with Crippen LogP contribution in [-0.4, -0.2) is 61.9 Å². The summed E-state index contributed by atoms with van der Waals surface area (Å²) in [5.74, 6) is 0.157. The summed E-state index contributed by atoms with van der Waals surface area (Å²) in [6.45, 7) is 2.34. The van der Waals surface area contributed by atoms with E-state index in [1.54, 1.807) is 0 Å². The summed E-state index contributed by atoms with van der Waals surface area (Å²) < 4.78 is 0. The molecule has 0 unspecified atom stereocenters. The third kappa shape index (κ3) is 4.23. The van der Waals surface area contributed by atoms with Crippen molar-refractivity contribution in [2.75, 3.05) is 45.2 Å².